The number of carboxylic acids is 1. The Balaban J connectivity index is 2.72. The summed E-state index contributed by atoms with van der Waals surface area (Å²) in [5, 5.41) is 18.7. The number of nitrogens with one attached hydrogen (secondary N) is 1. The van der Waals surface area contributed by atoms with Gasteiger partial charge in [0.2, 0.25) is 0 Å². The first kappa shape index (κ1) is 20.2. The molecule has 1 aliphatic carbocycles. The summed E-state index contributed by atoms with van der Waals surface area (Å²) in [6.45, 7) is 0. The fourth-order valence-corrected chi connectivity index (χ4v) is 4.32. The molecule has 1 aliphatic rings. The molecule has 136 valence electrons. The fraction of sp³-hybridized carbons (Fsp3) is 0.923. The number of aliphatic carboxylic acids is 1. The SMILES string of the molecule is N=S(=O)(CC[C@H](N)C(=O)O)CCC(O)(C1CCCC1)C(F)(F)F. The molecule has 1 saturated carbocycles. The number of rotatable bonds is 8. The summed E-state index contributed by atoms with van der Waals surface area (Å²) in [6.07, 6.45) is -4.22. The molecule has 0 aliphatic heterocycles. The summed E-state index contributed by atoms with van der Waals surface area (Å²) in [7, 11) is -3.44. The van der Waals surface area contributed by atoms with Crippen molar-refractivity contribution in [1.82, 2.24) is 0 Å². The highest BCUT2D eigenvalue weighted by atomic mass is 32.2. The maximum atomic E-state index is 13.2. The van der Waals surface area contributed by atoms with Gasteiger partial charge in [-0.05, 0) is 31.6 Å². The van der Waals surface area contributed by atoms with Crippen molar-refractivity contribution in [3.05, 3.63) is 0 Å². The van der Waals surface area contributed by atoms with Gasteiger partial charge in [-0.3, -0.25) is 9.57 Å². The number of aliphatic hydroxyl groups is 1. The van der Waals surface area contributed by atoms with Crippen LogP contribution in [0.5, 0.6) is 0 Å². The zero-order chi connectivity index (χ0) is 17.9. The van der Waals surface area contributed by atoms with E-state index >= 15 is 0 Å². The predicted octanol–water partition coefficient (Wildman–Crippen LogP) is 1.71. The molecule has 0 radical (unpaired) electrons. The monoisotopic (exact) mass is 360 g/mol. The fourth-order valence-electron chi connectivity index (χ4n) is 2.84. The van der Waals surface area contributed by atoms with E-state index in [0.717, 1.165) is 0 Å². The molecule has 0 spiro atoms. The molecule has 0 heterocycles. The van der Waals surface area contributed by atoms with Crippen molar-refractivity contribution in [2.75, 3.05) is 11.5 Å². The summed E-state index contributed by atoms with van der Waals surface area (Å²) in [4.78, 5) is 10.6. The van der Waals surface area contributed by atoms with Crippen molar-refractivity contribution in [3.8, 4) is 0 Å². The molecule has 10 heteroatoms. The molecule has 1 fully saturated rings. The molecular weight excluding hydrogens is 337 g/mol. The number of hydrogen-bond donors (Lipinski definition) is 4. The van der Waals surface area contributed by atoms with Gasteiger partial charge in [-0.25, -0.2) is 4.21 Å². The second-order valence-electron chi connectivity index (χ2n) is 6.11. The number of halogens is 3. The van der Waals surface area contributed by atoms with Crippen LogP contribution in [0, 0.1) is 10.7 Å². The first-order valence-electron chi connectivity index (χ1n) is 7.41. The van der Waals surface area contributed by atoms with Crippen LogP contribution < -0.4 is 5.73 Å². The minimum atomic E-state index is -4.85. The van der Waals surface area contributed by atoms with Gasteiger partial charge < -0.3 is 15.9 Å². The van der Waals surface area contributed by atoms with Gasteiger partial charge in [-0.15, -0.1) is 0 Å². The van der Waals surface area contributed by atoms with Gasteiger partial charge >= 0.3 is 12.1 Å². The minimum Gasteiger partial charge on any atom is -0.480 e. The van der Waals surface area contributed by atoms with Gasteiger partial charge in [-0.1, -0.05) is 12.8 Å². The molecule has 0 aromatic heterocycles. The van der Waals surface area contributed by atoms with Crippen molar-refractivity contribution in [1.29, 1.82) is 4.78 Å². The summed E-state index contributed by atoms with van der Waals surface area (Å²) in [5.74, 6) is -3.30. The molecule has 6 nitrogen and oxygen atoms in total. The van der Waals surface area contributed by atoms with Crippen molar-refractivity contribution in [3.63, 3.8) is 0 Å². The molecule has 5 N–H and O–H groups in total. The third kappa shape index (κ3) is 5.32. The van der Waals surface area contributed by atoms with Crippen LogP contribution in [-0.4, -0.2) is 49.7 Å². The van der Waals surface area contributed by atoms with Crippen molar-refractivity contribution < 1.29 is 32.4 Å². The Labute approximate surface area is 133 Å². The second-order valence-corrected chi connectivity index (χ2v) is 8.55. The lowest BCUT2D eigenvalue weighted by Crippen LogP contribution is -2.51. The maximum Gasteiger partial charge on any atom is 0.417 e. The topological polar surface area (TPSA) is 124 Å². The quantitative estimate of drug-likeness (QED) is 0.524. The van der Waals surface area contributed by atoms with Crippen LogP contribution in [0.25, 0.3) is 0 Å². The van der Waals surface area contributed by atoms with E-state index in [9.17, 15) is 27.3 Å². The number of alkyl halides is 3. The van der Waals surface area contributed by atoms with E-state index in [2.05, 4.69) is 0 Å². The van der Waals surface area contributed by atoms with Crippen LogP contribution in [0.4, 0.5) is 13.2 Å². The molecule has 0 aromatic rings. The Kier molecular flexibility index (Phi) is 6.45. The summed E-state index contributed by atoms with van der Waals surface area (Å²) < 4.78 is 59.4. The molecule has 1 rings (SSSR count). The highest BCUT2D eigenvalue weighted by molar-refractivity contribution is 7.92. The summed E-state index contributed by atoms with van der Waals surface area (Å²) >= 11 is 0. The standard InChI is InChI=1S/C13H23F3N2O4S/c14-13(15,16)12(21,9-3-1-2-4-9)6-8-23(18,22)7-5-10(17)11(19)20/h9-10,18,21H,1-8,17H2,(H,19,20)/t10-,12?,23?/m0/s1. The third-order valence-corrected chi connectivity index (χ3v) is 6.17. The number of carboxylic acid groups (broad SMARTS) is 1. The van der Waals surface area contributed by atoms with Crippen LogP contribution in [0.1, 0.15) is 38.5 Å². The second kappa shape index (κ2) is 7.35. The molecule has 2 unspecified atom stereocenters. The van der Waals surface area contributed by atoms with E-state index in [1.54, 1.807) is 0 Å². The van der Waals surface area contributed by atoms with E-state index in [1.165, 1.54) is 0 Å². The van der Waals surface area contributed by atoms with Gasteiger partial charge in [0.1, 0.15) is 6.04 Å². The van der Waals surface area contributed by atoms with Gasteiger partial charge in [0, 0.05) is 21.2 Å². The zero-order valence-electron chi connectivity index (χ0n) is 12.6. The lowest BCUT2D eigenvalue weighted by atomic mass is 9.83. The van der Waals surface area contributed by atoms with E-state index in [-0.39, 0.29) is 19.3 Å². The lowest BCUT2D eigenvalue weighted by Gasteiger charge is -2.36. The first-order chi connectivity index (χ1) is 10.4. The molecule has 3 atom stereocenters. The molecule has 23 heavy (non-hydrogen) atoms. The molecule has 0 saturated heterocycles. The average molecular weight is 360 g/mol. The Hall–Kier alpha value is -0.870. The predicted molar refractivity (Wildman–Crippen MR) is 78.4 cm³/mol. The molecule has 0 bridgehead atoms. The highest BCUT2D eigenvalue weighted by Crippen LogP contribution is 2.46. The number of nitrogens with two attached hydrogens (primary N) is 1. The van der Waals surface area contributed by atoms with Crippen LogP contribution in [0.15, 0.2) is 0 Å². The highest BCUT2D eigenvalue weighted by Gasteiger charge is 2.58. The largest absolute Gasteiger partial charge is 0.480 e. The average Bonchev–Trinajstić information content (AvgIpc) is 2.95. The number of carbonyl (C=O) groups is 1. The van der Waals surface area contributed by atoms with Crippen LogP contribution in [0.3, 0.4) is 0 Å². The Bertz CT molecular complexity index is 518. The van der Waals surface area contributed by atoms with Crippen molar-refractivity contribution >= 4 is 15.7 Å². The molecular formula is C13H23F3N2O4S. The Morgan fingerprint density at radius 3 is 2.26 bits per heavy atom. The van der Waals surface area contributed by atoms with E-state index in [1.807, 2.05) is 0 Å². The normalized spacial score (nSPS) is 23.2. The molecule has 0 aromatic carbocycles. The van der Waals surface area contributed by atoms with Crippen LogP contribution >= 0.6 is 0 Å². The summed E-state index contributed by atoms with van der Waals surface area (Å²) in [6, 6.07) is -1.31. The summed E-state index contributed by atoms with van der Waals surface area (Å²) in [5.41, 5.74) is 2.29. The van der Waals surface area contributed by atoms with Gasteiger partial charge in [0.25, 0.3) is 0 Å². The van der Waals surface area contributed by atoms with Crippen LogP contribution in [-0.2, 0) is 14.5 Å². The van der Waals surface area contributed by atoms with E-state index < -0.39 is 57.4 Å². The van der Waals surface area contributed by atoms with Crippen LogP contribution in [0.2, 0.25) is 0 Å². The Morgan fingerprint density at radius 2 is 1.83 bits per heavy atom. The lowest BCUT2D eigenvalue weighted by molar-refractivity contribution is -0.279. The van der Waals surface area contributed by atoms with Crippen molar-refractivity contribution in [2.24, 2.45) is 11.7 Å². The van der Waals surface area contributed by atoms with E-state index in [4.69, 9.17) is 15.6 Å². The van der Waals surface area contributed by atoms with Crippen molar-refractivity contribution in [2.45, 2.75) is 56.3 Å². The molecule has 0 amide bonds. The number of hydrogen-bond acceptors (Lipinski definition) is 5. The van der Waals surface area contributed by atoms with Gasteiger partial charge in [0.15, 0.2) is 5.60 Å². The van der Waals surface area contributed by atoms with E-state index in [0.29, 0.717) is 12.8 Å². The van der Waals surface area contributed by atoms with Gasteiger partial charge in [-0.2, -0.15) is 13.2 Å². The van der Waals surface area contributed by atoms with Gasteiger partial charge in [0.05, 0.1) is 0 Å². The smallest absolute Gasteiger partial charge is 0.417 e. The maximum absolute atomic E-state index is 13.2. The zero-order valence-corrected chi connectivity index (χ0v) is 13.5. The third-order valence-electron chi connectivity index (χ3n) is 4.41. The minimum absolute atomic E-state index is 0.249. The first-order valence-corrected chi connectivity index (χ1v) is 9.30. The Morgan fingerprint density at radius 1 is 1.30 bits per heavy atom.